The lowest BCUT2D eigenvalue weighted by Crippen LogP contribution is -1.87. The molecule has 0 aliphatic carbocycles. The second-order valence-corrected chi connectivity index (χ2v) is 6.89. The largest absolute Gasteiger partial charge is 0.338 e. The first-order valence-corrected chi connectivity index (χ1v) is 8.74. The minimum atomic E-state index is -0.279. The molecule has 0 fully saturated rings. The summed E-state index contributed by atoms with van der Waals surface area (Å²) in [6.07, 6.45) is 3.99. The van der Waals surface area contributed by atoms with Gasteiger partial charge in [-0.2, -0.15) is 0 Å². The molecule has 0 unspecified atom stereocenters. The second kappa shape index (κ2) is 5.26. The number of aromatic nitrogens is 4. The summed E-state index contributed by atoms with van der Waals surface area (Å²) in [5.74, 6) is 0.262. The van der Waals surface area contributed by atoms with Crippen molar-refractivity contribution in [2.75, 3.05) is 0 Å². The molecule has 3 heterocycles. The van der Waals surface area contributed by atoms with Gasteiger partial charge in [-0.05, 0) is 31.2 Å². The van der Waals surface area contributed by atoms with E-state index in [2.05, 4.69) is 15.0 Å². The normalized spacial score (nSPS) is 11.6. The third-order valence-corrected chi connectivity index (χ3v) is 5.02. The molecule has 25 heavy (non-hydrogen) atoms. The minimum Gasteiger partial charge on any atom is -0.338 e. The maximum atomic E-state index is 14.1. The molecule has 0 amide bonds. The van der Waals surface area contributed by atoms with Gasteiger partial charge < -0.3 is 4.98 Å². The van der Waals surface area contributed by atoms with E-state index in [-0.39, 0.29) is 5.82 Å². The quantitative estimate of drug-likeness (QED) is 0.485. The molecule has 5 aromatic rings. The van der Waals surface area contributed by atoms with Crippen molar-refractivity contribution < 1.29 is 4.39 Å². The van der Waals surface area contributed by atoms with Crippen molar-refractivity contribution in [2.24, 2.45) is 0 Å². The highest BCUT2D eigenvalue weighted by Gasteiger charge is 2.12. The highest BCUT2D eigenvalue weighted by atomic mass is 32.1. The molecule has 2 aromatic carbocycles. The van der Waals surface area contributed by atoms with Gasteiger partial charge in [0.15, 0.2) is 4.96 Å². The summed E-state index contributed by atoms with van der Waals surface area (Å²) in [5.41, 5.74) is 5.07. The number of benzene rings is 2. The SMILES string of the molecule is Cc1ccc(F)c(-c2nc3ccc(-c4cn5ccsc5n4)cc3[nH]2)c1. The Bertz CT molecular complexity index is 1200. The summed E-state index contributed by atoms with van der Waals surface area (Å²) in [4.78, 5) is 13.4. The van der Waals surface area contributed by atoms with Crippen LogP contribution in [-0.4, -0.2) is 19.4 Å². The number of rotatable bonds is 2. The summed E-state index contributed by atoms with van der Waals surface area (Å²) in [5, 5.41) is 2.01. The molecule has 0 aliphatic rings. The Balaban J connectivity index is 1.63. The van der Waals surface area contributed by atoms with Gasteiger partial charge in [0.2, 0.25) is 0 Å². The van der Waals surface area contributed by atoms with Crippen LogP contribution in [0.2, 0.25) is 0 Å². The van der Waals surface area contributed by atoms with E-state index in [1.54, 1.807) is 23.5 Å². The molecule has 6 heteroatoms. The van der Waals surface area contributed by atoms with Crippen LogP contribution < -0.4 is 0 Å². The molecule has 5 rings (SSSR count). The highest BCUT2D eigenvalue weighted by Crippen LogP contribution is 2.28. The smallest absolute Gasteiger partial charge is 0.194 e. The maximum Gasteiger partial charge on any atom is 0.194 e. The number of H-pyrrole nitrogens is 1. The third kappa shape index (κ3) is 2.34. The fourth-order valence-corrected chi connectivity index (χ4v) is 3.68. The van der Waals surface area contributed by atoms with Crippen LogP contribution in [0, 0.1) is 12.7 Å². The van der Waals surface area contributed by atoms with Gasteiger partial charge in [-0.3, -0.25) is 4.40 Å². The number of aromatic amines is 1. The van der Waals surface area contributed by atoms with Crippen molar-refractivity contribution in [3.63, 3.8) is 0 Å². The van der Waals surface area contributed by atoms with E-state index in [4.69, 9.17) is 0 Å². The van der Waals surface area contributed by atoms with E-state index in [1.165, 1.54) is 6.07 Å². The third-order valence-electron chi connectivity index (χ3n) is 4.25. The lowest BCUT2D eigenvalue weighted by Gasteiger charge is -2.00. The van der Waals surface area contributed by atoms with Gasteiger partial charge in [0.1, 0.15) is 11.6 Å². The zero-order valence-electron chi connectivity index (χ0n) is 13.3. The van der Waals surface area contributed by atoms with Gasteiger partial charge in [0, 0.05) is 23.3 Å². The van der Waals surface area contributed by atoms with Crippen LogP contribution in [0.15, 0.2) is 54.2 Å². The molecule has 0 bridgehead atoms. The number of hydrogen-bond donors (Lipinski definition) is 1. The van der Waals surface area contributed by atoms with Crippen LogP contribution in [0.3, 0.4) is 0 Å². The van der Waals surface area contributed by atoms with Crippen molar-refractivity contribution in [2.45, 2.75) is 6.92 Å². The number of aryl methyl sites for hydroxylation is 1. The van der Waals surface area contributed by atoms with E-state index < -0.39 is 0 Å². The Labute approximate surface area is 146 Å². The molecule has 4 nitrogen and oxygen atoms in total. The molecule has 0 atom stereocenters. The summed E-state index contributed by atoms with van der Waals surface area (Å²) < 4.78 is 16.1. The van der Waals surface area contributed by atoms with E-state index in [0.29, 0.717) is 11.4 Å². The topological polar surface area (TPSA) is 46.0 Å². The molecule has 0 radical (unpaired) electrons. The van der Waals surface area contributed by atoms with E-state index in [1.807, 2.05) is 47.3 Å². The Morgan fingerprint density at radius 1 is 1.12 bits per heavy atom. The van der Waals surface area contributed by atoms with Gasteiger partial charge in [0.05, 0.1) is 22.3 Å². The standard InChI is InChI=1S/C19H13FN4S/c1-11-2-4-14(20)13(8-11)18-21-15-5-3-12(9-16(15)22-18)17-10-24-6-7-25-19(24)23-17/h2-10H,1H3,(H,21,22). The fraction of sp³-hybridized carbons (Fsp3) is 0.0526. The van der Waals surface area contributed by atoms with E-state index in [0.717, 1.165) is 32.8 Å². The lowest BCUT2D eigenvalue weighted by molar-refractivity contribution is 0.630. The summed E-state index contributed by atoms with van der Waals surface area (Å²) in [6.45, 7) is 1.94. The monoisotopic (exact) mass is 348 g/mol. The van der Waals surface area contributed by atoms with Crippen LogP contribution >= 0.6 is 11.3 Å². The summed E-state index contributed by atoms with van der Waals surface area (Å²) in [7, 11) is 0. The number of nitrogens with zero attached hydrogens (tertiary/aromatic N) is 3. The van der Waals surface area contributed by atoms with Crippen molar-refractivity contribution in [3.8, 4) is 22.6 Å². The second-order valence-electron chi connectivity index (χ2n) is 6.02. The Kier molecular flexibility index (Phi) is 3.02. The zero-order chi connectivity index (χ0) is 17.0. The van der Waals surface area contributed by atoms with Gasteiger partial charge in [-0.15, -0.1) is 11.3 Å². The van der Waals surface area contributed by atoms with Crippen molar-refractivity contribution in [1.82, 2.24) is 19.4 Å². The molecule has 1 N–H and O–H groups in total. The van der Waals surface area contributed by atoms with Crippen LogP contribution in [0.25, 0.3) is 38.6 Å². The molecule has 122 valence electrons. The average Bonchev–Trinajstić information content (AvgIpc) is 3.29. The predicted molar refractivity (Wildman–Crippen MR) is 98.3 cm³/mol. The highest BCUT2D eigenvalue weighted by molar-refractivity contribution is 7.15. The van der Waals surface area contributed by atoms with Crippen molar-refractivity contribution in [3.05, 3.63) is 65.6 Å². The van der Waals surface area contributed by atoms with Gasteiger partial charge >= 0.3 is 0 Å². The van der Waals surface area contributed by atoms with Crippen molar-refractivity contribution >= 4 is 27.3 Å². The van der Waals surface area contributed by atoms with E-state index in [9.17, 15) is 4.39 Å². The zero-order valence-corrected chi connectivity index (χ0v) is 14.1. The minimum absolute atomic E-state index is 0.279. The Hall–Kier alpha value is -2.99. The summed E-state index contributed by atoms with van der Waals surface area (Å²) >= 11 is 1.60. The number of thiazole rings is 1. The van der Waals surface area contributed by atoms with Crippen LogP contribution in [0.4, 0.5) is 4.39 Å². The Morgan fingerprint density at radius 3 is 2.92 bits per heavy atom. The van der Waals surface area contributed by atoms with E-state index >= 15 is 0 Å². The van der Waals surface area contributed by atoms with Crippen LogP contribution in [0.1, 0.15) is 5.56 Å². The van der Waals surface area contributed by atoms with Crippen LogP contribution in [-0.2, 0) is 0 Å². The van der Waals surface area contributed by atoms with Gasteiger partial charge in [-0.25, -0.2) is 14.4 Å². The number of halogens is 1. The molecular weight excluding hydrogens is 335 g/mol. The predicted octanol–water partition coefficient (Wildman–Crippen LogP) is 5.05. The molecule has 0 saturated carbocycles. The lowest BCUT2D eigenvalue weighted by atomic mass is 10.1. The van der Waals surface area contributed by atoms with Crippen LogP contribution in [0.5, 0.6) is 0 Å². The first-order valence-electron chi connectivity index (χ1n) is 7.86. The number of fused-ring (bicyclic) bond motifs is 2. The molecule has 3 aromatic heterocycles. The van der Waals surface area contributed by atoms with Gasteiger partial charge in [0.25, 0.3) is 0 Å². The first kappa shape index (κ1) is 14.4. The number of hydrogen-bond acceptors (Lipinski definition) is 3. The number of imidazole rings is 2. The molecular formula is C19H13FN4S. The fourth-order valence-electron chi connectivity index (χ4n) is 2.98. The Morgan fingerprint density at radius 2 is 2.04 bits per heavy atom. The number of nitrogens with one attached hydrogen (secondary N) is 1. The summed E-state index contributed by atoms with van der Waals surface area (Å²) in [6, 6.07) is 11.0. The maximum absolute atomic E-state index is 14.1. The molecule has 0 spiro atoms. The average molecular weight is 348 g/mol. The molecule has 0 aliphatic heterocycles. The van der Waals surface area contributed by atoms with Gasteiger partial charge in [-0.1, -0.05) is 17.7 Å². The first-order chi connectivity index (χ1) is 12.2. The molecule has 0 saturated heterocycles. The van der Waals surface area contributed by atoms with Crippen molar-refractivity contribution in [1.29, 1.82) is 0 Å².